The summed E-state index contributed by atoms with van der Waals surface area (Å²) in [6.45, 7) is 0. The summed E-state index contributed by atoms with van der Waals surface area (Å²) in [6.07, 6.45) is 5.16. The van der Waals surface area contributed by atoms with Gasteiger partial charge >= 0.3 is 0 Å². The van der Waals surface area contributed by atoms with Crippen molar-refractivity contribution in [3.8, 4) is 5.75 Å². The van der Waals surface area contributed by atoms with Gasteiger partial charge in [0.1, 0.15) is 5.75 Å². The van der Waals surface area contributed by atoms with E-state index in [1.807, 2.05) is 30.3 Å². The lowest BCUT2D eigenvalue weighted by molar-refractivity contribution is 0.402. The van der Waals surface area contributed by atoms with Crippen molar-refractivity contribution < 1.29 is 13.5 Å². The van der Waals surface area contributed by atoms with Crippen molar-refractivity contribution in [1.82, 2.24) is 0 Å². The van der Waals surface area contributed by atoms with Crippen LogP contribution in [-0.4, -0.2) is 13.5 Å². The zero-order chi connectivity index (χ0) is 20.7. The van der Waals surface area contributed by atoms with E-state index in [0.29, 0.717) is 5.69 Å². The number of hydrogen-bond donors (Lipinski definition) is 3. The van der Waals surface area contributed by atoms with Gasteiger partial charge in [-0.25, -0.2) is 8.42 Å². The van der Waals surface area contributed by atoms with Crippen LogP contribution in [0.25, 0.3) is 0 Å². The minimum atomic E-state index is -3.69. The van der Waals surface area contributed by atoms with Crippen LogP contribution in [0.2, 0.25) is 0 Å². The van der Waals surface area contributed by atoms with E-state index in [0.717, 1.165) is 23.2 Å². The molecule has 1 aliphatic carbocycles. The molecule has 6 heteroatoms. The molecule has 0 saturated heterocycles. The number of nitrogens with one attached hydrogen (secondary N) is 2. The number of fused-ring (bicyclic) bond motifs is 3. The van der Waals surface area contributed by atoms with Gasteiger partial charge in [-0.1, -0.05) is 48.6 Å². The highest BCUT2D eigenvalue weighted by molar-refractivity contribution is 7.92. The molecule has 0 bridgehead atoms. The maximum atomic E-state index is 12.9. The molecule has 3 aromatic carbocycles. The quantitative estimate of drug-likeness (QED) is 0.520. The monoisotopic (exact) mass is 418 g/mol. The highest BCUT2D eigenvalue weighted by atomic mass is 32.2. The second kappa shape index (κ2) is 7.22. The summed E-state index contributed by atoms with van der Waals surface area (Å²) in [5.74, 6) is 0.582. The number of aromatic hydroxyl groups is 1. The summed E-state index contributed by atoms with van der Waals surface area (Å²) in [6, 6.07) is 21.4. The van der Waals surface area contributed by atoms with Crippen LogP contribution < -0.4 is 10.0 Å². The van der Waals surface area contributed by atoms with Crippen LogP contribution in [0, 0.1) is 5.92 Å². The van der Waals surface area contributed by atoms with E-state index in [1.54, 1.807) is 42.5 Å². The third kappa shape index (κ3) is 3.23. The van der Waals surface area contributed by atoms with Crippen molar-refractivity contribution in [3.63, 3.8) is 0 Å². The summed E-state index contributed by atoms with van der Waals surface area (Å²) >= 11 is 0. The van der Waals surface area contributed by atoms with Gasteiger partial charge in [0.2, 0.25) is 0 Å². The Balaban J connectivity index is 1.52. The van der Waals surface area contributed by atoms with Crippen LogP contribution in [0.5, 0.6) is 5.75 Å². The molecule has 5 rings (SSSR count). The molecule has 2 aliphatic rings. The highest BCUT2D eigenvalue weighted by Crippen LogP contribution is 2.51. The van der Waals surface area contributed by atoms with Crippen molar-refractivity contribution >= 4 is 21.4 Å². The largest absolute Gasteiger partial charge is 0.508 e. The number of anilines is 2. The van der Waals surface area contributed by atoms with Crippen LogP contribution in [-0.2, 0) is 10.0 Å². The smallest absolute Gasteiger partial charge is 0.261 e. The molecular weight excluding hydrogens is 396 g/mol. The lowest BCUT2D eigenvalue weighted by atomic mass is 9.77. The van der Waals surface area contributed by atoms with Crippen LogP contribution in [0.3, 0.4) is 0 Å². The van der Waals surface area contributed by atoms with Crippen LogP contribution >= 0.6 is 0 Å². The molecule has 1 heterocycles. The fraction of sp³-hybridized carbons (Fsp3) is 0.167. The Morgan fingerprint density at radius 3 is 2.50 bits per heavy atom. The van der Waals surface area contributed by atoms with E-state index in [2.05, 4.69) is 22.2 Å². The first-order valence-electron chi connectivity index (χ1n) is 9.96. The number of phenols is 1. The summed E-state index contributed by atoms with van der Waals surface area (Å²) < 4.78 is 28.5. The third-order valence-corrected chi connectivity index (χ3v) is 7.32. The van der Waals surface area contributed by atoms with Gasteiger partial charge in [0.15, 0.2) is 0 Å². The van der Waals surface area contributed by atoms with E-state index < -0.39 is 10.0 Å². The van der Waals surface area contributed by atoms with E-state index in [-0.39, 0.29) is 28.5 Å². The van der Waals surface area contributed by atoms with Gasteiger partial charge in [-0.05, 0) is 54.3 Å². The summed E-state index contributed by atoms with van der Waals surface area (Å²) in [7, 11) is -3.69. The number of benzene rings is 3. The molecule has 1 aliphatic heterocycles. The summed E-state index contributed by atoms with van der Waals surface area (Å²) in [5.41, 5.74) is 3.27. The average molecular weight is 419 g/mol. The molecule has 0 aromatic heterocycles. The zero-order valence-corrected chi connectivity index (χ0v) is 17.0. The minimum Gasteiger partial charge on any atom is -0.508 e. The summed E-state index contributed by atoms with van der Waals surface area (Å²) in [5, 5.41) is 13.9. The number of allylic oxidation sites excluding steroid dienone is 2. The van der Waals surface area contributed by atoms with Gasteiger partial charge in [0.25, 0.3) is 10.0 Å². The molecule has 3 atom stereocenters. The first-order valence-corrected chi connectivity index (χ1v) is 11.4. The van der Waals surface area contributed by atoms with Crippen LogP contribution in [0.4, 0.5) is 11.4 Å². The van der Waals surface area contributed by atoms with E-state index >= 15 is 0 Å². The van der Waals surface area contributed by atoms with Crippen molar-refractivity contribution in [2.45, 2.75) is 23.3 Å². The normalized spacial score (nSPS) is 22.1. The molecule has 0 saturated carbocycles. The predicted molar refractivity (Wildman–Crippen MR) is 118 cm³/mol. The molecule has 3 unspecified atom stereocenters. The van der Waals surface area contributed by atoms with Crippen LogP contribution in [0.15, 0.2) is 89.8 Å². The third-order valence-electron chi connectivity index (χ3n) is 5.94. The lowest BCUT2D eigenvalue weighted by Crippen LogP contribution is -2.29. The van der Waals surface area contributed by atoms with Crippen molar-refractivity contribution in [1.29, 1.82) is 0 Å². The van der Waals surface area contributed by atoms with Crippen LogP contribution in [0.1, 0.15) is 29.5 Å². The molecule has 5 nitrogen and oxygen atoms in total. The maximum Gasteiger partial charge on any atom is 0.261 e. The number of sulfonamides is 1. The predicted octanol–water partition coefficient (Wildman–Crippen LogP) is 5.02. The number of para-hydroxylation sites is 2. The first-order chi connectivity index (χ1) is 14.5. The highest BCUT2D eigenvalue weighted by Gasteiger charge is 2.39. The molecule has 3 N–H and O–H groups in total. The molecule has 0 radical (unpaired) electrons. The Morgan fingerprint density at radius 2 is 1.70 bits per heavy atom. The first kappa shape index (κ1) is 18.8. The Hall–Kier alpha value is -3.25. The Kier molecular flexibility index (Phi) is 4.51. The maximum absolute atomic E-state index is 12.9. The van der Waals surface area contributed by atoms with Gasteiger partial charge < -0.3 is 10.4 Å². The number of rotatable bonds is 4. The van der Waals surface area contributed by atoms with Crippen molar-refractivity contribution in [2.75, 3.05) is 10.0 Å². The SMILES string of the molecule is O=S(=O)(Nc1ccccc1)c1ccc2c(c1)C1C=CCC1C(c1ccccc1O)N2. The average Bonchev–Trinajstić information content (AvgIpc) is 3.24. The minimum absolute atomic E-state index is 0.0383. The molecule has 30 heavy (non-hydrogen) atoms. The Bertz CT molecular complexity index is 1220. The van der Waals surface area contributed by atoms with Crippen molar-refractivity contribution in [2.24, 2.45) is 5.92 Å². The van der Waals surface area contributed by atoms with Gasteiger partial charge in [0, 0.05) is 22.9 Å². The van der Waals surface area contributed by atoms with Crippen molar-refractivity contribution in [3.05, 3.63) is 96.1 Å². The van der Waals surface area contributed by atoms with Gasteiger partial charge in [-0.15, -0.1) is 0 Å². The van der Waals surface area contributed by atoms with Gasteiger partial charge in [0.05, 0.1) is 10.9 Å². The molecule has 3 aromatic rings. The topological polar surface area (TPSA) is 78.4 Å². The molecule has 0 spiro atoms. The zero-order valence-electron chi connectivity index (χ0n) is 16.2. The fourth-order valence-corrected chi connectivity index (χ4v) is 5.61. The Labute approximate surface area is 176 Å². The second-order valence-corrected chi connectivity index (χ2v) is 9.44. The Morgan fingerprint density at radius 1 is 0.933 bits per heavy atom. The molecule has 0 amide bonds. The van der Waals surface area contributed by atoms with E-state index in [9.17, 15) is 13.5 Å². The molecule has 0 fully saturated rings. The van der Waals surface area contributed by atoms with Gasteiger partial charge in [-0.3, -0.25) is 4.72 Å². The molecule has 152 valence electrons. The van der Waals surface area contributed by atoms with E-state index in [4.69, 9.17) is 0 Å². The summed E-state index contributed by atoms with van der Waals surface area (Å²) in [4.78, 5) is 0.243. The molecular formula is C24H22N2O3S. The number of phenolic OH excluding ortho intramolecular Hbond substituents is 1. The van der Waals surface area contributed by atoms with Gasteiger partial charge in [-0.2, -0.15) is 0 Å². The standard InChI is InChI=1S/C24H22N2O3S/c27-23-12-5-4-9-20(23)24-19-11-6-10-18(19)21-15-17(13-14-22(21)25-24)30(28,29)26-16-7-2-1-3-8-16/h1-10,12-15,18-19,24-27H,11H2. The lowest BCUT2D eigenvalue weighted by Gasteiger charge is -2.37. The fourth-order valence-electron chi connectivity index (χ4n) is 4.52. The second-order valence-electron chi connectivity index (χ2n) is 7.75. The number of hydrogen-bond acceptors (Lipinski definition) is 4. The van der Waals surface area contributed by atoms with E-state index in [1.165, 1.54) is 0 Å².